The second-order valence-electron chi connectivity index (χ2n) is 3.51. The van der Waals surface area contributed by atoms with E-state index in [-0.39, 0.29) is 17.3 Å². The first kappa shape index (κ1) is 15.2. The first-order valence-corrected chi connectivity index (χ1v) is 7.16. The lowest BCUT2D eigenvalue weighted by atomic mass is 10.3. The smallest absolute Gasteiger partial charge is 0.151 e. The fourth-order valence-corrected chi connectivity index (χ4v) is 1.99. The Morgan fingerprint density at radius 2 is 2.00 bits per heavy atom. The van der Waals surface area contributed by atoms with Gasteiger partial charge >= 0.3 is 0 Å². The Labute approximate surface area is 97.0 Å². The van der Waals surface area contributed by atoms with E-state index in [0.717, 1.165) is 6.54 Å². The van der Waals surface area contributed by atoms with Crippen molar-refractivity contribution in [2.45, 2.75) is 20.3 Å². The summed E-state index contributed by atoms with van der Waals surface area (Å²) in [5.74, 6) is 0.495. The van der Waals surface area contributed by atoms with Crippen molar-refractivity contribution in [1.82, 2.24) is 4.90 Å². The highest BCUT2D eigenvalue weighted by Crippen LogP contribution is 1.96. The zero-order valence-corrected chi connectivity index (χ0v) is 10.7. The van der Waals surface area contributed by atoms with Crippen molar-refractivity contribution in [3.63, 3.8) is 0 Å². The first-order chi connectivity index (χ1) is 7.45. The quantitative estimate of drug-likeness (QED) is 0.271. The van der Waals surface area contributed by atoms with Gasteiger partial charge in [-0.1, -0.05) is 19.0 Å². The summed E-state index contributed by atoms with van der Waals surface area (Å²) >= 11 is 0. The second-order valence-corrected chi connectivity index (χ2v) is 5.98. The van der Waals surface area contributed by atoms with Crippen LogP contribution in [0, 0.1) is 0 Å². The van der Waals surface area contributed by atoms with E-state index in [4.69, 9.17) is 10.9 Å². The summed E-state index contributed by atoms with van der Waals surface area (Å²) in [6.45, 7) is 5.43. The van der Waals surface area contributed by atoms with E-state index in [1.807, 2.05) is 11.8 Å². The number of hydrogen-bond acceptors (Lipinski definition) is 5. The van der Waals surface area contributed by atoms with Crippen LogP contribution < -0.4 is 5.73 Å². The van der Waals surface area contributed by atoms with Crippen LogP contribution in [-0.2, 0) is 9.84 Å². The number of rotatable bonds is 8. The molecule has 0 fully saturated rings. The summed E-state index contributed by atoms with van der Waals surface area (Å²) in [5, 5.41) is 11.2. The van der Waals surface area contributed by atoms with Crippen molar-refractivity contribution in [1.29, 1.82) is 0 Å². The number of sulfone groups is 1. The zero-order valence-electron chi connectivity index (χ0n) is 9.89. The molecule has 0 aromatic carbocycles. The molecule has 3 N–H and O–H groups in total. The molecule has 0 aliphatic rings. The van der Waals surface area contributed by atoms with Crippen LogP contribution >= 0.6 is 0 Å². The van der Waals surface area contributed by atoms with Gasteiger partial charge in [-0.15, -0.1) is 0 Å². The van der Waals surface area contributed by atoms with Gasteiger partial charge in [0.2, 0.25) is 0 Å². The summed E-state index contributed by atoms with van der Waals surface area (Å²) in [6, 6.07) is 0. The van der Waals surface area contributed by atoms with Crippen molar-refractivity contribution in [2.24, 2.45) is 10.9 Å². The van der Waals surface area contributed by atoms with Gasteiger partial charge in [-0.25, -0.2) is 8.42 Å². The predicted molar refractivity (Wildman–Crippen MR) is 64.5 cm³/mol. The van der Waals surface area contributed by atoms with Crippen LogP contribution in [0.4, 0.5) is 0 Å². The third-order valence-corrected chi connectivity index (χ3v) is 4.10. The van der Waals surface area contributed by atoms with Gasteiger partial charge in [0.05, 0.1) is 5.75 Å². The lowest BCUT2D eigenvalue weighted by molar-refractivity contribution is 0.301. The van der Waals surface area contributed by atoms with E-state index < -0.39 is 9.84 Å². The lowest BCUT2D eigenvalue weighted by Gasteiger charge is -2.19. The van der Waals surface area contributed by atoms with Crippen molar-refractivity contribution in [3.05, 3.63) is 0 Å². The summed E-state index contributed by atoms with van der Waals surface area (Å²) in [6.07, 6.45) is 0.441. The van der Waals surface area contributed by atoms with Crippen molar-refractivity contribution in [2.75, 3.05) is 31.1 Å². The van der Waals surface area contributed by atoms with E-state index in [1.165, 1.54) is 0 Å². The molecule has 0 spiro atoms. The van der Waals surface area contributed by atoms with Gasteiger partial charge in [0, 0.05) is 25.3 Å². The molecule has 0 bridgehead atoms. The Balaban J connectivity index is 4.02. The molecule has 0 saturated heterocycles. The molecule has 6 nitrogen and oxygen atoms in total. The monoisotopic (exact) mass is 251 g/mol. The topological polar surface area (TPSA) is 96.0 Å². The lowest BCUT2D eigenvalue weighted by Crippen LogP contribution is -2.32. The van der Waals surface area contributed by atoms with E-state index in [1.54, 1.807) is 6.92 Å². The molecule has 0 unspecified atom stereocenters. The molecular weight excluding hydrogens is 230 g/mol. The zero-order chi connectivity index (χ0) is 12.6. The van der Waals surface area contributed by atoms with Gasteiger partial charge in [-0.3, -0.25) is 0 Å². The van der Waals surface area contributed by atoms with E-state index >= 15 is 0 Å². The van der Waals surface area contributed by atoms with Gasteiger partial charge in [0.15, 0.2) is 9.84 Å². The van der Waals surface area contributed by atoms with Gasteiger partial charge in [0.25, 0.3) is 0 Å². The number of nitrogens with zero attached hydrogens (tertiary/aromatic N) is 2. The van der Waals surface area contributed by atoms with Crippen LogP contribution in [0.3, 0.4) is 0 Å². The van der Waals surface area contributed by atoms with E-state index in [0.29, 0.717) is 19.5 Å². The van der Waals surface area contributed by atoms with Crippen LogP contribution in [0.25, 0.3) is 0 Å². The van der Waals surface area contributed by atoms with Crippen LogP contribution in [0.2, 0.25) is 0 Å². The molecule has 0 aromatic heterocycles. The highest BCUT2D eigenvalue weighted by atomic mass is 32.2. The molecule has 0 radical (unpaired) electrons. The molecule has 0 aliphatic heterocycles. The molecule has 0 rings (SSSR count). The van der Waals surface area contributed by atoms with Gasteiger partial charge in [-0.2, -0.15) is 0 Å². The SMILES string of the molecule is CCN(CCC(N)=NO)CCS(=O)(=O)CC. The van der Waals surface area contributed by atoms with Crippen LogP contribution in [-0.4, -0.2) is 55.5 Å². The highest BCUT2D eigenvalue weighted by Gasteiger charge is 2.10. The molecule has 0 aliphatic carbocycles. The number of amidine groups is 1. The third kappa shape index (κ3) is 6.62. The largest absolute Gasteiger partial charge is 0.409 e. The van der Waals surface area contributed by atoms with Crippen molar-refractivity contribution < 1.29 is 13.6 Å². The molecule has 0 amide bonds. The van der Waals surface area contributed by atoms with Gasteiger partial charge < -0.3 is 15.8 Å². The number of nitrogens with two attached hydrogens (primary N) is 1. The molecule has 0 aromatic rings. The Kier molecular flexibility index (Phi) is 7.07. The minimum absolute atomic E-state index is 0.160. The summed E-state index contributed by atoms with van der Waals surface area (Å²) in [4.78, 5) is 1.96. The summed E-state index contributed by atoms with van der Waals surface area (Å²) < 4.78 is 22.6. The van der Waals surface area contributed by atoms with E-state index in [2.05, 4.69) is 5.16 Å². The molecule has 0 atom stereocenters. The van der Waals surface area contributed by atoms with Crippen molar-refractivity contribution >= 4 is 15.7 Å². The van der Waals surface area contributed by atoms with Crippen LogP contribution in [0.1, 0.15) is 20.3 Å². The maximum Gasteiger partial charge on any atom is 0.151 e. The Morgan fingerprint density at radius 1 is 1.38 bits per heavy atom. The average Bonchev–Trinajstić information content (AvgIpc) is 2.28. The number of hydrogen-bond donors (Lipinski definition) is 2. The maximum atomic E-state index is 11.3. The van der Waals surface area contributed by atoms with Crippen molar-refractivity contribution in [3.8, 4) is 0 Å². The molecule has 0 saturated carbocycles. The number of oxime groups is 1. The predicted octanol–water partition coefficient (Wildman–Crippen LogP) is -0.120. The first-order valence-electron chi connectivity index (χ1n) is 5.34. The van der Waals surface area contributed by atoms with Crippen LogP contribution in [0.15, 0.2) is 5.16 Å². The van der Waals surface area contributed by atoms with Gasteiger partial charge in [-0.05, 0) is 6.54 Å². The summed E-state index contributed by atoms with van der Waals surface area (Å²) in [5.41, 5.74) is 5.34. The maximum absolute atomic E-state index is 11.3. The Hall–Kier alpha value is -0.820. The molecule has 16 heavy (non-hydrogen) atoms. The summed E-state index contributed by atoms with van der Waals surface area (Å²) in [7, 11) is -2.92. The van der Waals surface area contributed by atoms with E-state index in [9.17, 15) is 8.42 Å². The van der Waals surface area contributed by atoms with Crippen LogP contribution in [0.5, 0.6) is 0 Å². The molecular formula is C9H21N3O3S. The fraction of sp³-hybridized carbons (Fsp3) is 0.889. The molecule has 0 heterocycles. The average molecular weight is 251 g/mol. The third-order valence-electron chi connectivity index (χ3n) is 2.42. The van der Waals surface area contributed by atoms with Gasteiger partial charge in [0.1, 0.15) is 5.84 Å². The molecule has 96 valence electrons. The fourth-order valence-electron chi connectivity index (χ4n) is 1.16. The normalized spacial score (nSPS) is 13.3. The minimum atomic E-state index is -2.92. The molecule has 7 heteroatoms. The Morgan fingerprint density at radius 3 is 2.44 bits per heavy atom. The second kappa shape index (κ2) is 7.45. The minimum Gasteiger partial charge on any atom is -0.409 e. The Bertz CT molecular complexity index is 314. The standard InChI is InChI=1S/C9H21N3O3S/c1-3-12(6-5-9(10)11-13)7-8-16(14,15)4-2/h13H,3-8H2,1-2H3,(H2,10,11). The highest BCUT2D eigenvalue weighted by molar-refractivity contribution is 7.91.